The van der Waals surface area contributed by atoms with E-state index in [2.05, 4.69) is 10.9 Å². The average Bonchev–Trinajstić information content (AvgIpc) is 2.57. The van der Waals surface area contributed by atoms with Crippen LogP contribution in [0.25, 0.3) is 0 Å². The molecule has 0 fully saturated rings. The predicted octanol–water partition coefficient (Wildman–Crippen LogP) is 1.35. The molecule has 0 unspecified atom stereocenters. The first kappa shape index (κ1) is 14.7. The molecule has 0 aromatic heterocycles. The van der Waals surface area contributed by atoms with Crippen molar-refractivity contribution in [2.24, 2.45) is 0 Å². The number of ether oxygens (including phenoxy) is 1. The Hall–Kier alpha value is -2.66. The third-order valence-electron chi connectivity index (χ3n) is 3.22. The lowest BCUT2D eigenvalue weighted by Crippen LogP contribution is -2.56. The molecular formula is C16H16N2O3. The highest BCUT2D eigenvalue weighted by molar-refractivity contribution is 5.87. The van der Waals surface area contributed by atoms with Gasteiger partial charge in [0, 0.05) is 0 Å². The Balaban J connectivity index is 2.65. The van der Waals surface area contributed by atoms with Crippen LogP contribution in [0.3, 0.4) is 0 Å². The van der Waals surface area contributed by atoms with Crippen LogP contribution in [0.5, 0.6) is 0 Å². The lowest BCUT2D eigenvalue weighted by molar-refractivity contribution is -0.147. The van der Waals surface area contributed by atoms with E-state index < -0.39 is 11.5 Å². The minimum atomic E-state index is -1.31. The highest BCUT2D eigenvalue weighted by Gasteiger charge is 2.43. The Kier molecular flexibility index (Phi) is 4.68. The van der Waals surface area contributed by atoms with Crippen LogP contribution < -0.4 is 10.9 Å². The van der Waals surface area contributed by atoms with Crippen LogP contribution in [0, 0.1) is 0 Å². The fourth-order valence-corrected chi connectivity index (χ4v) is 2.26. The van der Waals surface area contributed by atoms with E-state index in [0.717, 1.165) is 0 Å². The summed E-state index contributed by atoms with van der Waals surface area (Å²) in [6.07, 6.45) is 0.476. The number of carbonyl (C=O) groups is 2. The van der Waals surface area contributed by atoms with E-state index in [0.29, 0.717) is 17.5 Å². The predicted molar refractivity (Wildman–Crippen MR) is 78.0 cm³/mol. The van der Waals surface area contributed by atoms with Gasteiger partial charge in [0.1, 0.15) is 0 Å². The number of hydrogen-bond acceptors (Lipinski definition) is 4. The molecule has 1 amide bonds. The molecular weight excluding hydrogens is 268 g/mol. The number of hydrogen-bond donors (Lipinski definition) is 2. The zero-order chi connectivity index (χ0) is 15.1. The summed E-state index contributed by atoms with van der Waals surface area (Å²) in [4.78, 5) is 23.2. The van der Waals surface area contributed by atoms with Gasteiger partial charge >= 0.3 is 5.97 Å². The molecule has 0 bridgehead atoms. The van der Waals surface area contributed by atoms with E-state index in [1.165, 1.54) is 7.11 Å². The molecule has 0 heterocycles. The van der Waals surface area contributed by atoms with Gasteiger partial charge in [0.25, 0.3) is 0 Å². The monoisotopic (exact) mass is 284 g/mol. The van der Waals surface area contributed by atoms with Crippen molar-refractivity contribution in [1.82, 2.24) is 10.9 Å². The molecule has 0 radical (unpaired) electrons. The number of amides is 1. The lowest BCUT2D eigenvalue weighted by atomic mass is 9.83. The first-order valence-electron chi connectivity index (χ1n) is 6.41. The van der Waals surface area contributed by atoms with Gasteiger partial charge in [-0.05, 0) is 11.1 Å². The molecule has 21 heavy (non-hydrogen) atoms. The van der Waals surface area contributed by atoms with E-state index in [4.69, 9.17) is 4.74 Å². The molecule has 108 valence electrons. The Morgan fingerprint density at radius 3 is 1.86 bits per heavy atom. The molecule has 0 saturated heterocycles. The fourth-order valence-electron chi connectivity index (χ4n) is 2.26. The molecule has 5 heteroatoms. The number of rotatable bonds is 6. The number of benzene rings is 2. The van der Waals surface area contributed by atoms with Crippen LogP contribution in [0.2, 0.25) is 0 Å². The Labute approximate surface area is 122 Å². The van der Waals surface area contributed by atoms with Crippen molar-refractivity contribution in [2.75, 3.05) is 7.11 Å². The average molecular weight is 284 g/mol. The molecule has 0 saturated carbocycles. The van der Waals surface area contributed by atoms with Gasteiger partial charge in [-0.25, -0.2) is 10.2 Å². The van der Waals surface area contributed by atoms with Crippen LogP contribution in [0.1, 0.15) is 11.1 Å². The molecule has 2 aromatic carbocycles. The van der Waals surface area contributed by atoms with Gasteiger partial charge in [0.15, 0.2) is 5.54 Å². The normalized spacial score (nSPS) is 10.7. The van der Waals surface area contributed by atoms with Gasteiger partial charge in [-0.2, -0.15) is 0 Å². The third kappa shape index (κ3) is 2.78. The number of hydrazine groups is 1. The van der Waals surface area contributed by atoms with E-state index in [-0.39, 0.29) is 0 Å². The number of methoxy groups -OCH3 is 1. The lowest BCUT2D eigenvalue weighted by Gasteiger charge is -2.32. The second-order valence-corrected chi connectivity index (χ2v) is 4.36. The second-order valence-electron chi connectivity index (χ2n) is 4.36. The summed E-state index contributed by atoms with van der Waals surface area (Å²) in [6, 6.07) is 18.2. The number of esters is 1. The summed E-state index contributed by atoms with van der Waals surface area (Å²) in [5.74, 6) is -0.519. The standard InChI is InChI=1S/C16H16N2O3/c1-21-15(20)16(18-17-12-19,13-8-4-2-5-9-13)14-10-6-3-7-11-14/h2-12,18H,1H3,(H,17,19). The van der Waals surface area contributed by atoms with Crippen molar-refractivity contribution in [1.29, 1.82) is 0 Å². The van der Waals surface area contributed by atoms with Crippen LogP contribution in [-0.2, 0) is 19.9 Å². The van der Waals surface area contributed by atoms with Gasteiger partial charge in [-0.3, -0.25) is 10.2 Å². The smallest absolute Gasteiger partial charge is 0.337 e. The molecule has 2 N–H and O–H groups in total. The summed E-state index contributed by atoms with van der Waals surface area (Å²) in [5, 5.41) is 0. The quantitative estimate of drug-likeness (QED) is 0.477. The van der Waals surface area contributed by atoms with Crippen LogP contribution in [0.15, 0.2) is 60.7 Å². The van der Waals surface area contributed by atoms with E-state index in [1.54, 1.807) is 24.3 Å². The molecule has 2 aromatic rings. The zero-order valence-electron chi connectivity index (χ0n) is 11.6. The van der Waals surface area contributed by atoms with Crippen LogP contribution in [-0.4, -0.2) is 19.5 Å². The van der Waals surface area contributed by atoms with E-state index in [1.807, 2.05) is 36.4 Å². The first-order valence-corrected chi connectivity index (χ1v) is 6.41. The van der Waals surface area contributed by atoms with Crippen molar-refractivity contribution in [3.63, 3.8) is 0 Å². The zero-order valence-corrected chi connectivity index (χ0v) is 11.6. The van der Waals surface area contributed by atoms with E-state index in [9.17, 15) is 9.59 Å². The fraction of sp³-hybridized carbons (Fsp3) is 0.125. The molecule has 0 aliphatic carbocycles. The summed E-state index contributed by atoms with van der Waals surface area (Å²) in [6.45, 7) is 0. The maximum Gasteiger partial charge on any atom is 0.337 e. The third-order valence-corrected chi connectivity index (χ3v) is 3.22. The maximum atomic E-state index is 12.5. The molecule has 2 rings (SSSR count). The van der Waals surface area contributed by atoms with Crippen molar-refractivity contribution in [3.8, 4) is 0 Å². The molecule has 0 aliphatic rings. The molecule has 0 atom stereocenters. The van der Waals surface area contributed by atoms with Gasteiger partial charge in [-0.15, -0.1) is 0 Å². The summed E-state index contributed by atoms with van der Waals surface area (Å²) < 4.78 is 4.96. The van der Waals surface area contributed by atoms with Crippen molar-refractivity contribution >= 4 is 12.4 Å². The van der Waals surface area contributed by atoms with Gasteiger partial charge < -0.3 is 4.74 Å². The van der Waals surface area contributed by atoms with E-state index >= 15 is 0 Å². The first-order chi connectivity index (χ1) is 10.3. The Bertz CT molecular complexity index is 560. The SMILES string of the molecule is COC(=O)C(NNC=O)(c1ccccc1)c1ccccc1. The van der Waals surface area contributed by atoms with Crippen molar-refractivity contribution < 1.29 is 14.3 Å². The number of carbonyl (C=O) groups excluding carboxylic acids is 2. The van der Waals surface area contributed by atoms with Gasteiger partial charge in [0.05, 0.1) is 7.11 Å². The maximum absolute atomic E-state index is 12.5. The topological polar surface area (TPSA) is 67.4 Å². The minimum absolute atomic E-state index is 0.476. The number of nitrogens with one attached hydrogen (secondary N) is 2. The summed E-state index contributed by atoms with van der Waals surface area (Å²) in [7, 11) is 1.31. The van der Waals surface area contributed by atoms with Gasteiger partial charge in [-0.1, -0.05) is 60.7 Å². The van der Waals surface area contributed by atoms with Gasteiger partial charge in [0.2, 0.25) is 6.41 Å². The summed E-state index contributed by atoms with van der Waals surface area (Å²) in [5.41, 5.74) is 5.16. The van der Waals surface area contributed by atoms with Crippen LogP contribution >= 0.6 is 0 Å². The highest BCUT2D eigenvalue weighted by Crippen LogP contribution is 2.30. The Morgan fingerprint density at radius 2 is 1.48 bits per heavy atom. The Morgan fingerprint density at radius 1 is 1.00 bits per heavy atom. The van der Waals surface area contributed by atoms with Crippen molar-refractivity contribution in [3.05, 3.63) is 71.8 Å². The second kappa shape index (κ2) is 6.67. The molecule has 5 nitrogen and oxygen atoms in total. The summed E-state index contributed by atoms with van der Waals surface area (Å²) >= 11 is 0. The van der Waals surface area contributed by atoms with Crippen molar-refractivity contribution in [2.45, 2.75) is 5.54 Å². The molecule has 0 spiro atoms. The molecule has 0 aliphatic heterocycles. The minimum Gasteiger partial charge on any atom is -0.467 e. The largest absolute Gasteiger partial charge is 0.467 e. The van der Waals surface area contributed by atoms with Crippen LogP contribution in [0.4, 0.5) is 0 Å². The highest BCUT2D eigenvalue weighted by atomic mass is 16.5.